The molecular formula is C40H42ClN3O5. The maximum atomic E-state index is 12.7. The molecule has 9 heteroatoms. The lowest BCUT2D eigenvalue weighted by Crippen LogP contribution is -2.55. The van der Waals surface area contributed by atoms with E-state index >= 15 is 0 Å². The molecule has 0 aliphatic heterocycles. The van der Waals surface area contributed by atoms with E-state index in [4.69, 9.17) is 21.1 Å². The van der Waals surface area contributed by atoms with Gasteiger partial charge in [-0.1, -0.05) is 87.8 Å². The van der Waals surface area contributed by atoms with Gasteiger partial charge in [0, 0.05) is 21.7 Å². The molecule has 5 rings (SSSR count). The molecule has 0 spiro atoms. The average Bonchev–Trinajstić information content (AvgIpc) is 3.50. The van der Waals surface area contributed by atoms with Crippen molar-refractivity contribution in [3.63, 3.8) is 0 Å². The van der Waals surface area contributed by atoms with Crippen LogP contribution in [-0.4, -0.2) is 28.3 Å². The topological polar surface area (TPSA) is 109 Å². The monoisotopic (exact) mass is 679 g/mol. The number of rotatable bonds is 7. The maximum Gasteiger partial charge on any atom is 0.311 e. The third-order valence-corrected chi connectivity index (χ3v) is 9.21. The Bertz CT molecular complexity index is 1800. The Balaban J connectivity index is 0.000000223. The standard InChI is InChI=1S/C22H23NO3.C18H19ClN2O2/c1-21(2)19(22(21,3)4)20(24)26-18(14-23)15-9-8-12-17(13-15)25-16-10-6-5-7-11-16;1-18(2,3)21(17(23)14-7-5-4-6-8-14)20-16(22)13-9-11-15(19)12-10-13/h5-13,18-19H,1-4H3;4-12H,1-3H3,(H,20,22). The summed E-state index contributed by atoms with van der Waals surface area (Å²) in [6, 6.07) is 33.9. The second kappa shape index (κ2) is 15.0. The Kier molecular flexibility index (Phi) is 11.2. The molecule has 1 unspecified atom stereocenters. The maximum absolute atomic E-state index is 12.7. The molecule has 254 valence electrons. The molecule has 1 N–H and O–H groups in total. The SMILES string of the molecule is CC(C)(C)N(NC(=O)c1ccc(Cl)cc1)C(=O)c1ccccc1.CC1(C)C(C(=O)OC(C#N)c2cccc(Oc3ccccc3)c2)C1(C)C. The van der Waals surface area contributed by atoms with Gasteiger partial charge in [0.1, 0.15) is 17.6 Å². The smallest absolute Gasteiger partial charge is 0.311 e. The van der Waals surface area contributed by atoms with Gasteiger partial charge in [-0.3, -0.25) is 19.8 Å². The van der Waals surface area contributed by atoms with Gasteiger partial charge in [-0.15, -0.1) is 0 Å². The largest absolute Gasteiger partial charge is 0.457 e. The molecule has 1 saturated carbocycles. The zero-order chi connectivity index (χ0) is 36.0. The summed E-state index contributed by atoms with van der Waals surface area (Å²) in [5.74, 6) is 0.158. The van der Waals surface area contributed by atoms with Crippen LogP contribution in [0.1, 0.15) is 80.8 Å². The summed E-state index contributed by atoms with van der Waals surface area (Å²) >= 11 is 5.83. The molecular weight excluding hydrogens is 638 g/mol. The number of amides is 2. The van der Waals surface area contributed by atoms with E-state index in [1.807, 2.05) is 57.2 Å². The Morgan fingerprint density at radius 1 is 0.796 bits per heavy atom. The van der Waals surface area contributed by atoms with Crippen molar-refractivity contribution in [1.29, 1.82) is 5.26 Å². The predicted molar refractivity (Wildman–Crippen MR) is 190 cm³/mol. The van der Waals surface area contributed by atoms with Gasteiger partial charge in [-0.05, 0) is 92.3 Å². The van der Waals surface area contributed by atoms with E-state index in [1.54, 1.807) is 72.8 Å². The number of halogens is 1. The number of hydrazine groups is 1. The molecule has 0 bridgehead atoms. The summed E-state index contributed by atoms with van der Waals surface area (Å²) in [6.45, 7) is 13.8. The van der Waals surface area contributed by atoms with E-state index in [0.29, 0.717) is 33.2 Å². The molecule has 2 amide bonds. The summed E-state index contributed by atoms with van der Waals surface area (Å²) in [5.41, 5.74) is 3.42. The lowest BCUT2D eigenvalue weighted by atomic mass is 10.0. The van der Waals surface area contributed by atoms with Gasteiger partial charge >= 0.3 is 5.97 Å². The number of hydrogen-bond donors (Lipinski definition) is 1. The van der Waals surface area contributed by atoms with Crippen molar-refractivity contribution < 1.29 is 23.9 Å². The molecule has 4 aromatic carbocycles. The molecule has 0 heterocycles. The molecule has 1 aliphatic rings. The fraction of sp³-hybridized carbons (Fsp3) is 0.300. The van der Waals surface area contributed by atoms with Gasteiger partial charge < -0.3 is 9.47 Å². The number of ether oxygens (including phenoxy) is 2. The van der Waals surface area contributed by atoms with Gasteiger partial charge in [0.2, 0.25) is 6.10 Å². The van der Waals surface area contributed by atoms with Crippen LogP contribution in [-0.2, 0) is 9.53 Å². The van der Waals surface area contributed by atoms with Crippen molar-refractivity contribution in [1.82, 2.24) is 10.4 Å². The second-order valence-electron chi connectivity index (χ2n) is 13.9. The van der Waals surface area contributed by atoms with Crippen molar-refractivity contribution in [2.75, 3.05) is 0 Å². The molecule has 0 saturated heterocycles. The van der Waals surface area contributed by atoms with Gasteiger partial charge in [0.05, 0.1) is 11.5 Å². The summed E-state index contributed by atoms with van der Waals surface area (Å²) in [5, 5.41) is 11.4. The van der Waals surface area contributed by atoms with Crippen LogP contribution < -0.4 is 10.2 Å². The van der Waals surface area contributed by atoms with E-state index in [-0.39, 0.29) is 34.5 Å². The Hall–Kier alpha value is -5.13. The highest BCUT2D eigenvalue weighted by Crippen LogP contribution is 2.68. The molecule has 8 nitrogen and oxygen atoms in total. The van der Waals surface area contributed by atoms with E-state index in [1.165, 1.54) is 5.01 Å². The fourth-order valence-electron chi connectivity index (χ4n) is 5.50. The lowest BCUT2D eigenvalue weighted by Gasteiger charge is -2.35. The number of nitriles is 1. The molecule has 1 fully saturated rings. The molecule has 0 radical (unpaired) electrons. The van der Waals surface area contributed by atoms with Gasteiger partial charge in [-0.25, -0.2) is 5.01 Å². The third-order valence-electron chi connectivity index (χ3n) is 8.96. The fourth-order valence-corrected chi connectivity index (χ4v) is 5.63. The van der Waals surface area contributed by atoms with Crippen LogP contribution in [0.3, 0.4) is 0 Å². The van der Waals surface area contributed by atoms with Crippen LogP contribution in [0, 0.1) is 28.1 Å². The van der Waals surface area contributed by atoms with Crippen molar-refractivity contribution in [3.8, 4) is 17.6 Å². The Labute approximate surface area is 293 Å². The van der Waals surface area contributed by atoms with E-state index in [0.717, 1.165) is 0 Å². The highest BCUT2D eigenvalue weighted by Gasteiger charge is 2.69. The molecule has 49 heavy (non-hydrogen) atoms. The normalized spacial score (nSPS) is 14.9. The van der Waals surface area contributed by atoms with Crippen molar-refractivity contribution in [2.24, 2.45) is 16.7 Å². The average molecular weight is 680 g/mol. The van der Waals surface area contributed by atoms with Crippen LogP contribution in [0.5, 0.6) is 11.5 Å². The minimum absolute atomic E-state index is 0.123. The number of esters is 1. The summed E-state index contributed by atoms with van der Waals surface area (Å²) < 4.78 is 11.3. The zero-order valence-corrected chi connectivity index (χ0v) is 29.6. The van der Waals surface area contributed by atoms with Crippen molar-refractivity contribution in [3.05, 3.63) is 131 Å². The number of carbonyl (C=O) groups excluding carboxylic acids is 3. The first-order valence-electron chi connectivity index (χ1n) is 16.0. The van der Waals surface area contributed by atoms with Crippen LogP contribution in [0.25, 0.3) is 0 Å². The van der Waals surface area contributed by atoms with Crippen LogP contribution in [0.4, 0.5) is 0 Å². The minimum atomic E-state index is -0.950. The molecule has 1 atom stereocenters. The lowest BCUT2D eigenvalue weighted by molar-refractivity contribution is -0.150. The predicted octanol–water partition coefficient (Wildman–Crippen LogP) is 9.19. The number of para-hydroxylation sites is 1. The van der Waals surface area contributed by atoms with Crippen molar-refractivity contribution >= 4 is 29.4 Å². The highest BCUT2D eigenvalue weighted by molar-refractivity contribution is 6.30. The van der Waals surface area contributed by atoms with E-state index in [2.05, 4.69) is 39.2 Å². The van der Waals surface area contributed by atoms with Crippen LogP contribution in [0.15, 0.2) is 109 Å². The first kappa shape index (κ1) is 36.7. The quantitative estimate of drug-likeness (QED) is 0.154. The van der Waals surface area contributed by atoms with Crippen LogP contribution in [0.2, 0.25) is 5.02 Å². The van der Waals surface area contributed by atoms with Crippen LogP contribution >= 0.6 is 11.6 Å². The first-order valence-corrected chi connectivity index (χ1v) is 16.3. The number of nitrogens with one attached hydrogen (secondary N) is 1. The van der Waals surface area contributed by atoms with E-state index < -0.39 is 11.6 Å². The van der Waals surface area contributed by atoms with Gasteiger partial charge in [0.15, 0.2) is 0 Å². The molecule has 0 aromatic heterocycles. The zero-order valence-electron chi connectivity index (χ0n) is 28.9. The van der Waals surface area contributed by atoms with Crippen molar-refractivity contribution in [2.45, 2.75) is 60.1 Å². The Morgan fingerprint density at radius 2 is 1.35 bits per heavy atom. The third kappa shape index (κ3) is 8.87. The number of hydrogen-bond acceptors (Lipinski definition) is 6. The van der Waals surface area contributed by atoms with E-state index in [9.17, 15) is 19.6 Å². The molecule has 1 aliphatic carbocycles. The number of nitrogens with zero attached hydrogens (tertiary/aromatic N) is 2. The highest BCUT2D eigenvalue weighted by atomic mass is 35.5. The minimum Gasteiger partial charge on any atom is -0.457 e. The Morgan fingerprint density at radius 3 is 1.88 bits per heavy atom. The number of carbonyl (C=O) groups is 3. The van der Waals surface area contributed by atoms with Gasteiger partial charge in [0.25, 0.3) is 11.8 Å². The number of benzene rings is 4. The summed E-state index contributed by atoms with van der Waals surface area (Å²) in [7, 11) is 0. The summed E-state index contributed by atoms with van der Waals surface area (Å²) in [6.07, 6.45) is -0.950. The van der Waals surface area contributed by atoms with Gasteiger partial charge in [-0.2, -0.15) is 5.26 Å². The summed E-state index contributed by atoms with van der Waals surface area (Å²) in [4.78, 5) is 37.7. The molecule has 4 aromatic rings. The second-order valence-corrected chi connectivity index (χ2v) is 14.4. The first-order chi connectivity index (χ1) is 23.1.